The highest BCUT2D eigenvalue weighted by molar-refractivity contribution is 7.15. The Hall–Kier alpha value is -1.46. The number of aromatic nitrogens is 2. The summed E-state index contributed by atoms with van der Waals surface area (Å²) >= 11 is 1.58. The van der Waals surface area contributed by atoms with Crippen molar-refractivity contribution < 1.29 is 0 Å². The van der Waals surface area contributed by atoms with E-state index in [2.05, 4.69) is 33.7 Å². The fraction of sp³-hybridized carbons (Fsp3) is 0.333. The smallest absolute Gasteiger partial charge is 0.206 e. The molecular weight excluding hydrogens is 232 g/mol. The van der Waals surface area contributed by atoms with E-state index in [0.717, 1.165) is 16.6 Å². The Morgan fingerprint density at radius 1 is 1.29 bits per heavy atom. The molecule has 4 nitrogen and oxygen atoms in total. The molecule has 2 unspecified atom stereocenters. The highest BCUT2D eigenvalue weighted by Crippen LogP contribution is 2.39. The van der Waals surface area contributed by atoms with E-state index in [1.807, 2.05) is 13.0 Å². The van der Waals surface area contributed by atoms with Crippen molar-refractivity contribution in [3.8, 4) is 0 Å². The highest BCUT2D eigenvalue weighted by Gasteiger charge is 2.28. The van der Waals surface area contributed by atoms with E-state index in [1.54, 1.807) is 11.3 Å². The monoisotopic (exact) mass is 246 g/mol. The summed E-state index contributed by atoms with van der Waals surface area (Å²) in [5.41, 5.74) is 8.65. The van der Waals surface area contributed by atoms with Gasteiger partial charge in [-0.15, -0.1) is 10.2 Å². The lowest BCUT2D eigenvalue weighted by atomic mass is 10.1. The van der Waals surface area contributed by atoms with Gasteiger partial charge in [0, 0.05) is 6.04 Å². The maximum Gasteiger partial charge on any atom is 0.206 e. The SMILES string of the molecule is Cc1nnc(NC2CC(N)c3ccccc32)s1. The molecule has 0 bridgehead atoms. The maximum absolute atomic E-state index is 6.12. The summed E-state index contributed by atoms with van der Waals surface area (Å²) in [6.07, 6.45) is 0.915. The first-order valence-corrected chi connectivity index (χ1v) is 6.47. The first-order chi connectivity index (χ1) is 8.24. The minimum absolute atomic E-state index is 0.123. The molecule has 1 aliphatic carbocycles. The van der Waals surface area contributed by atoms with Crippen LogP contribution in [0.2, 0.25) is 0 Å². The molecule has 0 saturated carbocycles. The first kappa shape index (κ1) is 10.7. The molecule has 0 amide bonds. The van der Waals surface area contributed by atoms with Gasteiger partial charge in [-0.1, -0.05) is 35.6 Å². The van der Waals surface area contributed by atoms with Crippen LogP contribution >= 0.6 is 11.3 Å². The fourth-order valence-corrected chi connectivity index (χ4v) is 2.96. The quantitative estimate of drug-likeness (QED) is 0.854. The van der Waals surface area contributed by atoms with E-state index < -0.39 is 0 Å². The average molecular weight is 246 g/mol. The molecule has 1 heterocycles. The highest BCUT2D eigenvalue weighted by atomic mass is 32.1. The largest absolute Gasteiger partial charge is 0.353 e. The van der Waals surface area contributed by atoms with Crippen LogP contribution in [0.4, 0.5) is 5.13 Å². The third kappa shape index (κ3) is 1.92. The second-order valence-electron chi connectivity index (χ2n) is 4.29. The summed E-state index contributed by atoms with van der Waals surface area (Å²) in [6.45, 7) is 1.96. The van der Waals surface area contributed by atoms with Crippen LogP contribution in [-0.4, -0.2) is 10.2 Å². The zero-order valence-corrected chi connectivity index (χ0v) is 10.4. The molecule has 88 valence electrons. The van der Waals surface area contributed by atoms with Crippen molar-refractivity contribution in [2.24, 2.45) is 5.73 Å². The van der Waals surface area contributed by atoms with Crippen molar-refractivity contribution in [3.63, 3.8) is 0 Å². The van der Waals surface area contributed by atoms with Crippen LogP contribution in [0.25, 0.3) is 0 Å². The summed E-state index contributed by atoms with van der Waals surface area (Å²) < 4.78 is 0. The predicted molar refractivity (Wildman–Crippen MR) is 69.0 cm³/mol. The summed E-state index contributed by atoms with van der Waals surface area (Å²) in [5, 5.41) is 13.4. The van der Waals surface area contributed by atoms with Crippen LogP contribution in [0.3, 0.4) is 0 Å². The van der Waals surface area contributed by atoms with Crippen LogP contribution in [0.1, 0.15) is 34.6 Å². The van der Waals surface area contributed by atoms with Crippen molar-refractivity contribution in [1.29, 1.82) is 0 Å². The lowest BCUT2D eigenvalue weighted by Crippen LogP contribution is -2.09. The Kier molecular flexibility index (Phi) is 2.57. The van der Waals surface area contributed by atoms with E-state index in [-0.39, 0.29) is 12.1 Å². The molecule has 1 aromatic carbocycles. The van der Waals surface area contributed by atoms with E-state index in [0.29, 0.717) is 0 Å². The van der Waals surface area contributed by atoms with Crippen LogP contribution in [0, 0.1) is 6.92 Å². The number of anilines is 1. The number of aryl methyl sites for hydroxylation is 1. The third-order valence-electron chi connectivity index (χ3n) is 3.08. The lowest BCUT2D eigenvalue weighted by molar-refractivity contribution is 0.647. The van der Waals surface area contributed by atoms with Gasteiger partial charge in [-0.05, 0) is 24.5 Å². The molecule has 5 heteroatoms. The van der Waals surface area contributed by atoms with Gasteiger partial charge in [-0.3, -0.25) is 0 Å². The van der Waals surface area contributed by atoms with E-state index in [4.69, 9.17) is 5.73 Å². The normalized spacial score (nSPS) is 22.5. The molecule has 1 aliphatic rings. The molecule has 0 fully saturated rings. The Bertz CT molecular complexity index is 537. The van der Waals surface area contributed by atoms with Gasteiger partial charge in [0.15, 0.2) is 0 Å². The van der Waals surface area contributed by atoms with Crippen molar-refractivity contribution in [1.82, 2.24) is 10.2 Å². The third-order valence-corrected chi connectivity index (χ3v) is 3.85. The van der Waals surface area contributed by atoms with Crippen LogP contribution < -0.4 is 11.1 Å². The van der Waals surface area contributed by atoms with Crippen molar-refractivity contribution in [2.75, 3.05) is 5.32 Å². The molecular formula is C12H14N4S. The molecule has 2 atom stereocenters. The lowest BCUT2D eigenvalue weighted by Gasteiger charge is -2.12. The zero-order chi connectivity index (χ0) is 11.8. The molecule has 17 heavy (non-hydrogen) atoms. The molecule has 0 saturated heterocycles. The Labute approximate surface area is 104 Å². The summed E-state index contributed by atoms with van der Waals surface area (Å²) in [7, 11) is 0. The second-order valence-corrected chi connectivity index (χ2v) is 5.48. The van der Waals surface area contributed by atoms with Crippen molar-refractivity contribution in [3.05, 3.63) is 40.4 Å². The van der Waals surface area contributed by atoms with Gasteiger partial charge >= 0.3 is 0 Å². The van der Waals surface area contributed by atoms with Crippen LogP contribution in [-0.2, 0) is 0 Å². The van der Waals surface area contributed by atoms with Crippen molar-refractivity contribution in [2.45, 2.75) is 25.4 Å². The number of fused-ring (bicyclic) bond motifs is 1. The summed E-state index contributed by atoms with van der Waals surface area (Å²) in [5.74, 6) is 0. The summed E-state index contributed by atoms with van der Waals surface area (Å²) in [4.78, 5) is 0. The molecule has 3 N–H and O–H groups in total. The molecule has 0 aliphatic heterocycles. The van der Waals surface area contributed by atoms with Gasteiger partial charge in [0.05, 0.1) is 6.04 Å². The van der Waals surface area contributed by atoms with E-state index in [9.17, 15) is 0 Å². The first-order valence-electron chi connectivity index (χ1n) is 5.65. The van der Waals surface area contributed by atoms with Gasteiger partial charge in [0.1, 0.15) is 5.01 Å². The standard InChI is InChI=1S/C12H14N4S/c1-7-15-16-12(17-7)14-11-6-10(13)8-4-2-3-5-9(8)11/h2-5,10-11H,6,13H2,1H3,(H,14,16). The van der Waals surface area contributed by atoms with Gasteiger partial charge in [-0.25, -0.2) is 0 Å². The number of nitrogens with zero attached hydrogens (tertiary/aromatic N) is 2. The van der Waals surface area contributed by atoms with Gasteiger partial charge < -0.3 is 11.1 Å². The number of hydrogen-bond donors (Lipinski definition) is 2. The second kappa shape index (κ2) is 4.09. The number of rotatable bonds is 2. The minimum atomic E-state index is 0.123. The van der Waals surface area contributed by atoms with Gasteiger partial charge in [-0.2, -0.15) is 0 Å². The molecule has 3 rings (SSSR count). The zero-order valence-electron chi connectivity index (χ0n) is 9.55. The van der Waals surface area contributed by atoms with Crippen LogP contribution in [0.5, 0.6) is 0 Å². The van der Waals surface area contributed by atoms with Crippen molar-refractivity contribution >= 4 is 16.5 Å². The number of hydrogen-bond acceptors (Lipinski definition) is 5. The summed E-state index contributed by atoms with van der Waals surface area (Å²) in [6, 6.07) is 8.71. The Morgan fingerprint density at radius 2 is 2.06 bits per heavy atom. The van der Waals surface area contributed by atoms with Crippen LogP contribution in [0.15, 0.2) is 24.3 Å². The maximum atomic E-state index is 6.12. The molecule has 1 aromatic heterocycles. The van der Waals surface area contributed by atoms with Gasteiger partial charge in [0.2, 0.25) is 5.13 Å². The van der Waals surface area contributed by atoms with Gasteiger partial charge in [0.25, 0.3) is 0 Å². The minimum Gasteiger partial charge on any atom is -0.353 e. The number of nitrogens with one attached hydrogen (secondary N) is 1. The number of benzene rings is 1. The Balaban J connectivity index is 1.87. The molecule has 0 radical (unpaired) electrons. The molecule has 0 spiro atoms. The number of nitrogens with two attached hydrogens (primary N) is 1. The van der Waals surface area contributed by atoms with E-state index in [1.165, 1.54) is 11.1 Å². The predicted octanol–water partition coefficient (Wildman–Crippen LogP) is 2.40. The topological polar surface area (TPSA) is 63.8 Å². The molecule has 2 aromatic rings. The average Bonchev–Trinajstić information content (AvgIpc) is 2.86. The Morgan fingerprint density at radius 3 is 2.76 bits per heavy atom. The fourth-order valence-electron chi connectivity index (χ4n) is 2.31. The van der Waals surface area contributed by atoms with E-state index >= 15 is 0 Å².